The van der Waals surface area contributed by atoms with E-state index >= 15 is 0 Å². The molecule has 1 heterocycles. The topological polar surface area (TPSA) is 69.9 Å². The van der Waals surface area contributed by atoms with Crippen LogP contribution in [0, 0.1) is 0 Å². The van der Waals surface area contributed by atoms with Gasteiger partial charge in [0.05, 0.1) is 5.69 Å². The highest BCUT2D eigenvalue weighted by atomic mass is 15.4. The molecule has 1 saturated carbocycles. The van der Waals surface area contributed by atoms with E-state index in [1.54, 1.807) is 0 Å². The van der Waals surface area contributed by atoms with Crippen LogP contribution < -0.4 is 11.6 Å². The summed E-state index contributed by atoms with van der Waals surface area (Å²) in [5.41, 5.74) is 6.88. The second kappa shape index (κ2) is 2.94. The van der Waals surface area contributed by atoms with Crippen molar-refractivity contribution in [3.8, 4) is 0 Å². The minimum Gasteiger partial charge on any atom is -0.382 e. The van der Waals surface area contributed by atoms with Crippen LogP contribution in [-0.4, -0.2) is 9.66 Å². The van der Waals surface area contributed by atoms with Crippen molar-refractivity contribution in [1.82, 2.24) is 9.66 Å². The molecule has 0 saturated heterocycles. The van der Waals surface area contributed by atoms with Gasteiger partial charge in [-0.25, -0.2) is 9.66 Å². The summed E-state index contributed by atoms with van der Waals surface area (Å²) in [6.45, 7) is 2.04. The van der Waals surface area contributed by atoms with E-state index < -0.39 is 0 Å². The van der Waals surface area contributed by atoms with Gasteiger partial charge in [0.15, 0.2) is 0 Å². The molecule has 4 N–H and O–H groups in total. The number of anilines is 1. The Balaban J connectivity index is 2.34. The number of hydrogen-bond acceptors (Lipinski definition) is 3. The van der Waals surface area contributed by atoms with Crippen molar-refractivity contribution in [1.29, 1.82) is 0 Å². The molecule has 1 aromatic heterocycles. The first kappa shape index (κ1) is 8.41. The zero-order valence-electron chi connectivity index (χ0n) is 7.95. The SMILES string of the molecule is CCc1nc(C2CCC2)c(N)n1N. The molecule has 0 spiro atoms. The normalized spacial score (nSPS) is 17.3. The maximum atomic E-state index is 5.86. The largest absolute Gasteiger partial charge is 0.382 e. The molecule has 2 rings (SSSR count). The molecule has 1 aliphatic carbocycles. The summed E-state index contributed by atoms with van der Waals surface area (Å²) in [6.07, 6.45) is 4.56. The Morgan fingerprint density at radius 2 is 2.23 bits per heavy atom. The van der Waals surface area contributed by atoms with Crippen molar-refractivity contribution < 1.29 is 0 Å². The van der Waals surface area contributed by atoms with Crippen LogP contribution in [0.25, 0.3) is 0 Å². The number of rotatable bonds is 2. The molecule has 0 atom stereocenters. The quantitative estimate of drug-likeness (QED) is 0.667. The fraction of sp³-hybridized carbons (Fsp3) is 0.667. The zero-order chi connectivity index (χ0) is 9.42. The third kappa shape index (κ3) is 1.17. The molecule has 0 bridgehead atoms. The molecule has 0 aromatic carbocycles. The molecular formula is C9H16N4. The van der Waals surface area contributed by atoms with Gasteiger partial charge in [0.25, 0.3) is 0 Å². The number of nitrogen functional groups attached to an aromatic ring is 2. The van der Waals surface area contributed by atoms with Crippen LogP contribution in [0.2, 0.25) is 0 Å². The maximum absolute atomic E-state index is 5.86. The Bertz CT molecular complexity index is 312. The monoisotopic (exact) mass is 180 g/mol. The fourth-order valence-electron chi connectivity index (χ4n) is 1.74. The van der Waals surface area contributed by atoms with Gasteiger partial charge in [-0.2, -0.15) is 0 Å². The van der Waals surface area contributed by atoms with Gasteiger partial charge in [0.1, 0.15) is 11.6 Å². The predicted molar refractivity (Wildman–Crippen MR) is 52.8 cm³/mol. The average Bonchev–Trinajstić information content (AvgIpc) is 2.30. The van der Waals surface area contributed by atoms with Crippen LogP contribution in [-0.2, 0) is 6.42 Å². The summed E-state index contributed by atoms with van der Waals surface area (Å²) in [5, 5.41) is 0. The molecule has 4 heteroatoms. The van der Waals surface area contributed by atoms with E-state index in [1.807, 2.05) is 6.92 Å². The number of nitrogens with two attached hydrogens (primary N) is 2. The number of imidazole rings is 1. The molecule has 1 aromatic rings. The first-order chi connectivity index (χ1) is 6.24. The first-order valence-corrected chi connectivity index (χ1v) is 4.86. The van der Waals surface area contributed by atoms with Gasteiger partial charge in [0, 0.05) is 12.3 Å². The van der Waals surface area contributed by atoms with Crippen molar-refractivity contribution >= 4 is 5.82 Å². The van der Waals surface area contributed by atoms with Crippen LogP contribution in [0.3, 0.4) is 0 Å². The highest BCUT2D eigenvalue weighted by Crippen LogP contribution is 2.38. The van der Waals surface area contributed by atoms with Crippen LogP contribution in [0.1, 0.15) is 43.6 Å². The summed E-state index contributed by atoms with van der Waals surface area (Å²) < 4.78 is 1.52. The number of aromatic nitrogens is 2. The van der Waals surface area contributed by atoms with Crippen molar-refractivity contribution in [2.45, 2.75) is 38.5 Å². The van der Waals surface area contributed by atoms with E-state index in [-0.39, 0.29) is 0 Å². The van der Waals surface area contributed by atoms with Crippen LogP contribution >= 0.6 is 0 Å². The average molecular weight is 180 g/mol. The van der Waals surface area contributed by atoms with E-state index in [0.717, 1.165) is 17.9 Å². The van der Waals surface area contributed by atoms with Crippen molar-refractivity contribution in [2.24, 2.45) is 0 Å². The summed E-state index contributed by atoms with van der Waals surface area (Å²) in [7, 11) is 0. The molecule has 72 valence electrons. The molecule has 1 fully saturated rings. The summed E-state index contributed by atoms with van der Waals surface area (Å²) in [4.78, 5) is 4.46. The Morgan fingerprint density at radius 1 is 1.54 bits per heavy atom. The molecule has 0 amide bonds. The molecule has 1 aliphatic rings. The van der Waals surface area contributed by atoms with Gasteiger partial charge in [-0.05, 0) is 12.8 Å². The van der Waals surface area contributed by atoms with Crippen LogP contribution in [0.15, 0.2) is 0 Å². The third-order valence-electron chi connectivity index (χ3n) is 2.86. The van der Waals surface area contributed by atoms with Crippen molar-refractivity contribution in [2.75, 3.05) is 11.6 Å². The van der Waals surface area contributed by atoms with E-state index in [1.165, 1.54) is 23.9 Å². The lowest BCUT2D eigenvalue weighted by Gasteiger charge is -2.23. The van der Waals surface area contributed by atoms with Gasteiger partial charge in [-0.1, -0.05) is 13.3 Å². The zero-order valence-corrected chi connectivity index (χ0v) is 7.95. The highest BCUT2D eigenvalue weighted by Gasteiger charge is 2.26. The fourth-order valence-corrected chi connectivity index (χ4v) is 1.74. The number of nitrogens with zero attached hydrogens (tertiary/aromatic N) is 2. The van der Waals surface area contributed by atoms with E-state index in [9.17, 15) is 0 Å². The molecule has 13 heavy (non-hydrogen) atoms. The van der Waals surface area contributed by atoms with Crippen molar-refractivity contribution in [3.63, 3.8) is 0 Å². The van der Waals surface area contributed by atoms with Gasteiger partial charge in [-0.15, -0.1) is 0 Å². The highest BCUT2D eigenvalue weighted by molar-refractivity contribution is 5.41. The van der Waals surface area contributed by atoms with E-state index in [2.05, 4.69) is 4.98 Å². The smallest absolute Gasteiger partial charge is 0.146 e. The van der Waals surface area contributed by atoms with Gasteiger partial charge < -0.3 is 11.6 Å². The lowest BCUT2D eigenvalue weighted by Crippen LogP contribution is -2.16. The summed E-state index contributed by atoms with van der Waals surface area (Å²) in [5.74, 6) is 7.87. The molecule has 0 unspecified atom stereocenters. The Kier molecular flexibility index (Phi) is 1.90. The minimum absolute atomic E-state index is 0.565. The third-order valence-corrected chi connectivity index (χ3v) is 2.86. The minimum atomic E-state index is 0.565. The summed E-state index contributed by atoms with van der Waals surface area (Å²) in [6, 6.07) is 0. The number of aryl methyl sites for hydroxylation is 1. The van der Waals surface area contributed by atoms with Crippen molar-refractivity contribution in [3.05, 3.63) is 11.5 Å². The first-order valence-electron chi connectivity index (χ1n) is 4.86. The molecule has 4 nitrogen and oxygen atoms in total. The maximum Gasteiger partial charge on any atom is 0.146 e. The Labute approximate surface area is 77.9 Å². The van der Waals surface area contributed by atoms with Crippen LogP contribution in [0.5, 0.6) is 0 Å². The molecule has 0 aliphatic heterocycles. The second-order valence-corrected chi connectivity index (χ2v) is 3.65. The van der Waals surface area contributed by atoms with Gasteiger partial charge in [-0.3, -0.25) is 0 Å². The lowest BCUT2D eigenvalue weighted by molar-refractivity contribution is 0.413. The molecular weight excluding hydrogens is 164 g/mol. The Morgan fingerprint density at radius 3 is 2.62 bits per heavy atom. The van der Waals surface area contributed by atoms with E-state index in [4.69, 9.17) is 11.6 Å². The van der Waals surface area contributed by atoms with Gasteiger partial charge >= 0.3 is 0 Å². The standard InChI is InChI=1S/C9H16N4/c1-2-7-12-8(6-4-3-5-6)9(10)13(7)11/h6H,2-5,10-11H2,1H3. The van der Waals surface area contributed by atoms with Gasteiger partial charge in [0.2, 0.25) is 0 Å². The number of hydrogen-bond donors (Lipinski definition) is 2. The Hall–Kier alpha value is -1.19. The second-order valence-electron chi connectivity index (χ2n) is 3.65. The van der Waals surface area contributed by atoms with E-state index in [0.29, 0.717) is 11.7 Å². The lowest BCUT2D eigenvalue weighted by atomic mass is 9.83. The van der Waals surface area contributed by atoms with Crippen LogP contribution in [0.4, 0.5) is 5.82 Å². The summed E-state index contributed by atoms with van der Waals surface area (Å²) >= 11 is 0. The molecule has 0 radical (unpaired) electrons. The predicted octanol–water partition coefficient (Wildman–Crippen LogP) is 1.01.